The second-order valence-electron chi connectivity index (χ2n) is 7.59. The molecule has 1 rings (SSSR count). The second kappa shape index (κ2) is 11.2. The quantitative estimate of drug-likeness (QED) is 0.400. The zero-order valence-electron chi connectivity index (χ0n) is 17.7. The molecule has 0 unspecified atom stereocenters. The largest absolute Gasteiger partial charge is 0.491 e. The summed E-state index contributed by atoms with van der Waals surface area (Å²) in [6.45, 7) is 12.0. The van der Waals surface area contributed by atoms with E-state index in [4.69, 9.17) is 4.74 Å². The van der Waals surface area contributed by atoms with E-state index < -0.39 is 0 Å². The number of likely N-dealkylation sites (N-methyl/N-ethyl adjacent to an activating group) is 1. The molecular weight excluding hydrogens is 358 g/mol. The Morgan fingerprint density at radius 2 is 1.71 bits per heavy atom. The number of hydrogen-bond donors (Lipinski definition) is 4. The predicted molar refractivity (Wildman–Crippen MR) is 113 cm³/mol. The molecular formula is C20H33N5O3. The van der Waals surface area contributed by atoms with Gasteiger partial charge in [-0.15, -0.1) is 0 Å². The van der Waals surface area contributed by atoms with Gasteiger partial charge in [0.25, 0.3) is 0 Å². The number of benzene rings is 1. The molecule has 8 heteroatoms. The molecule has 8 nitrogen and oxygen atoms in total. The van der Waals surface area contributed by atoms with Crippen molar-refractivity contribution < 1.29 is 14.3 Å². The maximum atomic E-state index is 12.0. The van der Waals surface area contributed by atoms with E-state index >= 15 is 0 Å². The number of carbonyl (C=O) groups is 2. The van der Waals surface area contributed by atoms with Crippen molar-refractivity contribution in [3.63, 3.8) is 0 Å². The van der Waals surface area contributed by atoms with Crippen LogP contribution in [0.1, 0.15) is 41.5 Å². The number of amides is 2. The molecule has 0 heterocycles. The van der Waals surface area contributed by atoms with Crippen molar-refractivity contribution >= 4 is 23.5 Å². The summed E-state index contributed by atoms with van der Waals surface area (Å²) in [5.74, 6) is 0.746. The van der Waals surface area contributed by atoms with Gasteiger partial charge in [0.2, 0.25) is 11.8 Å². The minimum Gasteiger partial charge on any atom is -0.491 e. The monoisotopic (exact) mass is 391 g/mol. The number of aliphatic imine (C=N–C) groups is 1. The fraction of sp³-hybridized carbons (Fsp3) is 0.550. The molecule has 0 saturated heterocycles. The Balaban J connectivity index is 2.80. The number of carbonyl (C=O) groups excluding carboxylic acids is 2. The van der Waals surface area contributed by atoms with Crippen LogP contribution in [0, 0.1) is 0 Å². The van der Waals surface area contributed by atoms with Crippen LogP contribution in [0.3, 0.4) is 0 Å². The van der Waals surface area contributed by atoms with E-state index in [0.717, 1.165) is 11.4 Å². The number of nitrogens with zero attached hydrogens (tertiary/aromatic N) is 1. The van der Waals surface area contributed by atoms with Crippen molar-refractivity contribution in [2.75, 3.05) is 25.0 Å². The van der Waals surface area contributed by atoms with Crippen molar-refractivity contribution in [1.29, 1.82) is 0 Å². The molecule has 0 bridgehead atoms. The molecule has 0 atom stereocenters. The Bertz CT molecular complexity index is 663. The topological polar surface area (TPSA) is 104 Å². The summed E-state index contributed by atoms with van der Waals surface area (Å²) >= 11 is 0. The lowest BCUT2D eigenvalue weighted by atomic mass is 10.1. The zero-order chi connectivity index (χ0) is 21.2. The van der Waals surface area contributed by atoms with Gasteiger partial charge in [0.05, 0.1) is 12.6 Å². The van der Waals surface area contributed by atoms with E-state index in [2.05, 4.69) is 26.3 Å². The van der Waals surface area contributed by atoms with Gasteiger partial charge in [0.1, 0.15) is 12.3 Å². The van der Waals surface area contributed by atoms with E-state index in [1.807, 2.05) is 65.8 Å². The first-order valence-electron chi connectivity index (χ1n) is 9.49. The minimum absolute atomic E-state index is 0.0507. The highest BCUT2D eigenvalue weighted by molar-refractivity contribution is 5.97. The van der Waals surface area contributed by atoms with Crippen molar-refractivity contribution in [3.05, 3.63) is 24.3 Å². The van der Waals surface area contributed by atoms with Gasteiger partial charge in [-0.2, -0.15) is 0 Å². The van der Waals surface area contributed by atoms with Gasteiger partial charge in [-0.05, 0) is 65.8 Å². The Kier molecular flexibility index (Phi) is 9.27. The van der Waals surface area contributed by atoms with Crippen LogP contribution in [0.2, 0.25) is 0 Å². The summed E-state index contributed by atoms with van der Waals surface area (Å²) in [5.41, 5.74) is 0.426. The van der Waals surface area contributed by atoms with Crippen LogP contribution < -0.4 is 26.0 Å². The third kappa shape index (κ3) is 10.4. The molecule has 0 aliphatic heterocycles. The highest BCUT2D eigenvalue weighted by Gasteiger charge is 2.13. The van der Waals surface area contributed by atoms with E-state index in [1.165, 1.54) is 0 Å². The van der Waals surface area contributed by atoms with Crippen LogP contribution in [-0.2, 0) is 9.59 Å². The molecule has 1 aromatic rings. The number of nitrogens with one attached hydrogen (secondary N) is 4. The molecule has 156 valence electrons. The van der Waals surface area contributed by atoms with E-state index in [1.54, 1.807) is 0 Å². The summed E-state index contributed by atoms with van der Waals surface area (Å²) in [4.78, 5) is 28.0. The lowest BCUT2D eigenvalue weighted by Gasteiger charge is -2.20. The number of guanidine groups is 1. The van der Waals surface area contributed by atoms with Gasteiger partial charge >= 0.3 is 0 Å². The Morgan fingerprint density at radius 3 is 2.25 bits per heavy atom. The minimum atomic E-state index is -0.332. The zero-order valence-corrected chi connectivity index (χ0v) is 17.7. The van der Waals surface area contributed by atoms with Crippen LogP contribution in [0.5, 0.6) is 5.75 Å². The first-order valence-corrected chi connectivity index (χ1v) is 9.49. The number of rotatable bonds is 8. The average molecular weight is 392 g/mol. The highest BCUT2D eigenvalue weighted by Crippen LogP contribution is 2.16. The van der Waals surface area contributed by atoms with Crippen molar-refractivity contribution in [2.45, 2.75) is 53.2 Å². The summed E-state index contributed by atoms with van der Waals surface area (Å²) < 4.78 is 5.63. The van der Waals surface area contributed by atoms with Gasteiger partial charge < -0.3 is 26.0 Å². The van der Waals surface area contributed by atoms with Crippen molar-refractivity contribution in [2.24, 2.45) is 4.99 Å². The summed E-state index contributed by atoms with van der Waals surface area (Å²) in [6, 6.07) is 7.37. The second-order valence-corrected chi connectivity index (χ2v) is 7.59. The molecule has 0 saturated carbocycles. The highest BCUT2D eigenvalue weighted by atomic mass is 16.5. The molecule has 28 heavy (non-hydrogen) atoms. The first kappa shape index (κ1) is 23.3. The van der Waals surface area contributed by atoms with E-state index in [9.17, 15) is 9.59 Å². The van der Waals surface area contributed by atoms with Crippen LogP contribution >= 0.6 is 0 Å². The van der Waals surface area contributed by atoms with Crippen molar-refractivity contribution in [3.8, 4) is 5.75 Å². The smallest absolute Gasteiger partial charge is 0.242 e. The molecule has 1 aromatic carbocycles. The van der Waals surface area contributed by atoms with Crippen LogP contribution in [-0.4, -0.2) is 49.1 Å². The number of hydrogen-bond acceptors (Lipinski definition) is 4. The molecule has 0 fully saturated rings. The maximum absolute atomic E-state index is 12.0. The SMILES string of the molecule is CCNC(=O)CNC(=NCC(=O)NC(C)(C)C)Nc1ccc(OC(C)C)cc1. The standard InChI is InChI=1S/C20H33N5O3/c1-7-21-17(26)12-22-19(23-13-18(27)25-20(4,5)6)24-15-8-10-16(11-9-15)28-14(2)3/h8-11,14H,7,12-13H2,1-6H3,(H,21,26)(H,25,27)(H2,22,23,24). The fourth-order valence-corrected chi connectivity index (χ4v) is 2.20. The van der Waals surface area contributed by atoms with Crippen LogP contribution in [0.4, 0.5) is 5.69 Å². The summed E-state index contributed by atoms with van der Waals surface area (Å²) in [7, 11) is 0. The molecule has 0 aliphatic carbocycles. The van der Waals surface area contributed by atoms with E-state index in [0.29, 0.717) is 12.5 Å². The molecule has 0 aromatic heterocycles. The summed E-state index contributed by atoms with van der Waals surface area (Å²) in [5, 5.41) is 11.6. The van der Waals surface area contributed by atoms with Crippen LogP contribution in [0.25, 0.3) is 0 Å². The molecule has 0 spiro atoms. The van der Waals surface area contributed by atoms with E-state index in [-0.39, 0.29) is 36.5 Å². The third-order valence-corrected chi connectivity index (χ3v) is 3.17. The maximum Gasteiger partial charge on any atom is 0.242 e. The molecule has 0 aliphatic rings. The predicted octanol–water partition coefficient (Wildman–Crippen LogP) is 1.88. The van der Waals surface area contributed by atoms with Gasteiger partial charge in [0.15, 0.2) is 5.96 Å². The Hall–Kier alpha value is -2.77. The average Bonchev–Trinajstić information content (AvgIpc) is 2.57. The number of anilines is 1. The van der Waals surface area contributed by atoms with Gasteiger partial charge in [0, 0.05) is 17.8 Å². The van der Waals surface area contributed by atoms with Gasteiger partial charge in [-0.3, -0.25) is 9.59 Å². The normalized spacial score (nSPS) is 11.8. The fourth-order valence-electron chi connectivity index (χ4n) is 2.20. The Morgan fingerprint density at radius 1 is 1.07 bits per heavy atom. The summed E-state index contributed by atoms with van der Waals surface area (Å²) in [6.07, 6.45) is 0.0935. The molecule has 0 radical (unpaired) electrons. The lowest BCUT2D eigenvalue weighted by molar-refractivity contribution is -0.121. The Labute approximate surface area is 167 Å². The van der Waals surface area contributed by atoms with Gasteiger partial charge in [-0.25, -0.2) is 4.99 Å². The van der Waals surface area contributed by atoms with Crippen molar-refractivity contribution in [1.82, 2.24) is 16.0 Å². The molecule has 2 amide bonds. The third-order valence-electron chi connectivity index (χ3n) is 3.17. The van der Waals surface area contributed by atoms with Crippen LogP contribution in [0.15, 0.2) is 29.3 Å². The lowest BCUT2D eigenvalue weighted by Crippen LogP contribution is -2.43. The number of ether oxygens (including phenoxy) is 1. The molecule has 4 N–H and O–H groups in total. The van der Waals surface area contributed by atoms with Gasteiger partial charge in [-0.1, -0.05) is 0 Å². The first-order chi connectivity index (χ1) is 13.1.